The van der Waals surface area contributed by atoms with Gasteiger partial charge in [-0.05, 0) is 36.9 Å². The van der Waals surface area contributed by atoms with Crippen molar-refractivity contribution in [3.8, 4) is 0 Å². The first kappa shape index (κ1) is 15.1. The lowest BCUT2D eigenvalue weighted by atomic mass is 10.0. The van der Waals surface area contributed by atoms with Crippen LogP contribution in [0.15, 0.2) is 64.4 Å². The van der Waals surface area contributed by atoms with Gasteiger partial charge < -0.3 is 15.5 Å². The van der Waals surface area contributed by atoms with Crippen LogP contribution >= 0.6 is 11.8 Å². The molecule has 0 radical (unpaired) electrons. The van der Waals surface area contributed by atoms with Gasteiger partial charge in [0, 0.05) is 16.3 Å². The molecule has 2 aromatic rings. The van der Waals surface area contributed by atoms with E-state index in [0.717, 1.165) is 10.5 Å². The number of hydrogen-bond donors (Lipinski definition) is 3. The molecule has 4 heteroatoms. The Bertz CT molecular complexity index is 516. The summed E-state index contributed by atoms with van der Waals surface area (Å²) in [5, 5.41) is 22.6. The summed E-state index contributed by atoms with van der Waals surface area (Å²) in [7, 11) is 1.75. The van der Waals surface area contributed by atoms with Gasteiger partial charge in [-0.15, -0.1) is 0 Å². The maximum absolute atomic E-state index is 10.0. The Morgan fingerprint density at radius 1 is 0.950 bits per heavy atom. The highest BCUT2D eigenvalue weighted by Gasteiger charge is 2.17. The van der Waals surface area contributed by atoms with Crippen LogP contribution in [0, 0.1) is 0 Å². The van der Waals surface area contributed by atoms with Crippen LogP contribution in [0.2, 0.25) is 0 Å². The van der Waals surface area contributed by atoms with Crippen molar-refractivity contribution in [2.75, 3.05) is 13.6 Å². The van der Waals surface area contributed by atoms with Crippen molar-refractivity contribution in [1.82, 2.24) is 5.32 Å². The molecule has 20 heavy (non-hydrogen) atoms. The molecular formula is C16H19NO2S. The second-order valence-corrected chi connectivity index (χ2v) is 5.70. The molecule has 0 aliphatic heterocycles. The van der Waals surface area contributed by atoms with E-state index in [1.54, 1.807) is 18.8 Å². The third kappa shape index (κ3) is 4.08. The molecule has 0 aliphatic rings. The standard InChI is InChI=1S/C16H19NO2S/c1-17-11-15(18)16(19)12-7-9-14(10-8-12)20-13-5-3-2-4-6-13/h2-10,15-19H,11H2,1H3. The normalized spacial score (nSPS) is 13.9. The minimum Gasteiger partial charge on any atom is -0.389 e. The first-order chi connectivity index (χ1) is 9.70. The first-order valence-electron chi connectivity index (χ1n) is 6.54. The van der Waals surface area contributed by atoms with E-state index >= 15 is 0 Å². The van der Waals surface area contributed by atoms with E-state index in [-0.39, 0.29) is 0 Å². The van der Waals surface area contributed by atoms with Gasteiger partial charge in [-0.2, -0.15) is 0 Å². The fraction of sp³-hybridized carbons (Fsp3) is 0.250. The molecule has 2 rings (SSSR count). The van der Waals surface area contributed by atoms with Crippen molar-refractivity contribution >= 4 is 11.8 Å². The van der Waals surface area contributed by atoms with E-state index in [0.29, 0.717) is 6.54 Å². The molecule has 0 bridgehead atoms. The summed E-state index contributed by atoms with van der Waals surface area (Å²) < 4.78 is 0. The number of aliphatic hydroxyl groups excluding tert-OH is 2. The highest BCUT2D eigenvalue weighted by Crippen LogP contribution is 2.28. The van der Waals surface area contributed by atoms with E-state index in [9.17, 15) is 10.2 Å². The summed E-state index contributed by atoms with van der Waals surface area (Å²) in [4.78, 5) is 2.28. The molecule has 0 aromatic heterocycles. The third-order valence-electron chi connectivity index (χ3n) is 2.98. The van der Waals surface area contributed by atoms with Crippen LogP contribution in [0.3, 0.4) is 0 Å². The summed E-state index contributed by atoms with van der Waals surface area (Å²) in [5.74, 6) is 0. The van der Waals surface area contributed by atoms with Gasteiger partial charge in [0.25, 0.3) is 0 Å². The minimum atomic E-state index is -0.863. The van der Waals surface area contributed by atoms with Crippen LogP contribution in [0.25, 0.3) is 0 Å². The van der Waals surface area contributed by atoms with Gasteiger partial charge in [0.05, 0.1) is 6.10 Å². The second-order valence-electron chi connectivity index (χ2n) is 4.55. The number of aliphatic hydroxyl groups is 2. The van der Waals surface area contributed by atoms with Gasteiger partial charge in [0.15, 0.2) is 0 Å². The fourth-order valence-corrected chi connectivity index (χ4v) is 2.74. The Morgan fingerprint density at radius 2 is 1.55 bits per heavy atom. The highest BCUT2D eigenvalue weighted by molar-refractivity contribution is 7.99. The van der Waals surface area contributed by atoms with Crippen LogP contribution in [-0.2, 0) is 0 Å². The van der Waals surface area contributed by atoms with E-state index < -0.39 is 12.2 Å². The van der Waals surface area contributed by atoms with Crippen molar-refractivity contribution < 1.29 is 10.2 Å². The van der Waals surface area contributed by atoms with Crippen molar-refractivity contribution in [1.29, 1.82) is 0 Å². The quantitative estimate of drug-likeness (QED) is 0.764. The molecule has 106 valence electrons. The van der Waals surface area contributed by atoms with Gasteiger partial charge >= 0.3 is 0 Å². The Hall–Kier alpha value is -1.33. The molecule has 0 spiro atoms. The summed E-state index contributed by atoms with van der Waals surface area (Å²) >= 11 is 1.67. The van der Waals surface area contributed by atoms with Crippen LogP contribution in [-0.4, -0.2) is 29.9 Å². The first-order valence-corrected chi connectivity index (χ1v) is 7.36. The highest BCUT2D eigenvalue weighted by atomic mass is 32.2. The molecule has 3 nitrogen and oxygen atoms in total. The van der Waals surface area contributed by atoms with Crippen molar-refractivity contribution in [2.24, 2.45) is 0 Å². The zero-order valence-electron chi connectivity index (χ0n) is 11.4. The Labute approximate surface area is 123 Å². The lowest BCUT2D eigenvalue weighted by molar-refractivity contribution is 0.0202. The molecule has 2 atom stereocenters. The monoisotopic (exact) mass is 289 g/mol. The van der Waals surface area contributed by atoms with Crippen molar-refractivity contribution in [3.63, 3.8) is 0 Å². The number of hydrogen-bond acceptors (Lipinski definition) is 4. The fourth-order valence-electron chi connectivity index (χ4n) is 1.90. The van der Waals surface area contributed by atoms with E-state index in [1.807, 2.05) is 42.5 Å². The SMILES string of the molecule is CNCC(O)C(O)c1ccc(Sc2ccccc2)cc1. The van der Waals surface area contributed by atoms with E-state index in [4.69, 9.17) is 0 Å². The lowest BCUT2D eigenvalue weighted by Crippen LogP contribution is -2.29. The van der Waals surface area contributed by atoms with Gasteiger partial charge in [-0.3, -0.25) is 0 Å². The smallest absolute Gasteiger partial charge is 0.106 e. The molecule has 0 aliphatic carbocycles. The number of nitrogens with one attached hydrogen (secondary N) is 1. The van der Waals surface area contributed by atoms with Crippen LogP contribution in [0.5, 0.6) is 0 Å². The summed E-state index contributed by atoms with van der Waals surface area (Å²) in [6.07, 6.45) is -1.66. The zero-order chi connectivity index (χ0) is 14.4. The Morgan fingerprint density at radius 3 is 2.15 bits per heavy atom. The zero-order valence-corrected chi connectivity index (χ0v) is 12.2. The largest absolute Gasteiger partial charge is 0.389 e. The van der Waals surface area contributed by atoms with Gasteiger partial charge in [-0.1, -0.05) is 42.1 Å². The maximum Gasteiger partial charge on any atom is 0.106 e. The molecule has 3 N–H and O–H groups in total. The summed E-state index contributed by atoms with van der Waals surface area (Å²) in [6, 6.07) is 17.8. The molecular weight excluding hydrogens is 270 g/mol. The maximum atomic E-state index is 10.0. The predicted molar refractivity (Wildman–Crippen MR) is 81.9 cm³/mol. The van der Waals surface area contributed by atoms with Crippen LogP contribution in [0.4, 0.5) is 0 Å². The van der Waals surface area contributed by atoms with Crippen LogP contribution < -0.4 is 5.32 Å². The molecule has 0 heterocycles. The van der Waals surface area contributed by atoms with Crippen molar-refractivity contribution in [2.45, 2.75) is 22.0 Å². The van der Waals surface area contributed by atoms with Crippen molar-refractivity contribution in [3.05, 3.63) is 60.2 Å². The third-order valence-corrected chi connectivity index (χ3v) is 3.99. The van der Waals surface area contributed by atoms with E-state index in [1.165, 1.54) is 4.90 Å². The molecule has 0 saturated carbocycles. The van der Waals surface area contributed by atoms with Gasteiger partial charge in [-0.25, -0.2) is 0 Å². The van der Waals surface area contributed by atoms with Gasteiger partial charge in [0.1, 0.15) is 6.10 Å². The molecule has 2 aromatic carbocycles. The average molecular weight is 289 g/mol. The molecule has 2 unspecified atom stereocenters. The number of benzene rings is 2. The van der Waals surface area contributed by atoms with Crippen LogP contribution in [0.1, 0.15) is 11.7 Å². The Kier molecular flexibility index (Phi) is 5.61. The lowest BCUT2D eigenvalue weighted by Gasteiger charge is -2.18. The molecule has 0 fully saturated rings. The topological polar surface area (TPSA) is 52.5 Å². The molecule has 0 amide bonds. The average Bonchev–Trinajstić information content (AvgIpc) is 2.48. The number of rotatable bonds is 6. The minimum absolute atomic E-state index is 0.363. The Balaban J connectivity index is 2.03. The number of likely N-dealkylation sites (N-methyl/N-ethyl adjacent to an activating group) is 1. The predicted octanol–water partition coefficient (Wildman–Crippen LogP) is 2.45. The summed E-state index contributed by atoms with van der Waals surface area (Å²) in [5.41, 5.74) is 0.727. The summed E-state index contributed by atoms with van der Waals surface area (Å²) in [6.45, 7) is 0.363. The second kappa shape index (κ2) is 7.45. The molecule has 0 saturated heterocycles. The van der Waals surface area contributed by atoms with E-state index in [2.05, 4.69) is 17.4 Å². The van der Waals surface area contributed by atoms with Gasteiger partial charge in [0.2, 0.25) is 0 Å².